The monoisotopic (exact) mass is 412 g/mol. The van der Waals surface area contributed by atoms with E-state index in [0.29, 0.717) is 5.69 Å². The van der Waals surface area contributed by atoms with Crippen LogP contribution >= 0.6 is 0 Å². The van der Waals surface area contributed by atoms with E-state index in [4.69, 9.17) is 20.6 Å². The van der Waals surface area contributed by atoms with E-state index in [0.717, 1.165) is 12.1 Å². The molecule has 0 aliphatic heterocycles. The van der Waals surface area contributed by atoms with E-state index in [1.54, 1.807) is 30.3 Å². The molecule has 152 valence electrons. The van der Waals surface area contributed by atoms with Crippen molar-refractivity contribution in [3.63, 3.8) is 0 Å². The van der Waals surface area contributed by atoms with Gasteiger partial charge in [0, 0.05) is 17.3 Å². The molecule has 8 heteroatoms. The van der Waals surface area contributed by atoms with Crippen molar-refractivity contribution in [1.29, 1.82) is 0 Å². The Morgan fingerprint density at radius 3 is 2.30 bits per heavy atom. The van der Waals surface area contributed by atoms with Crippen molar-refractivity contribution in [2.75, 3.05) is 11.5 Å². The number of benzene rings is 3. The fraction of sp³-hybridized carbons (Fsp3) is 0.0455. The number of nitrogens with two attached hydrogens (primary N) is 2. The SMILES string of the molecule is Nc1ccc(N)c(Oc2c(-c3ccc(C(F)(F)F)cc3)oc3ccccc3c2=O)c1. The summed E-state index contributed by atoms with van der Waals surface area (Å²) in [5.41, 5.74) is 11.5. The van der Waals surface area contributed by atoms with Crippen LogP contribution in [-0.4, -0.2) is 0 Å². The highest BCUT2D eigenvalue weighted by atomic mass is 19.4. The van der Waals surface area contributed by atoms with E-state index in [1.807, 2.05) is 0 Å². The van der Waals surface area contributed by atoms with Gasteiger partial charge in [-0.3, -0.25) is 4.79 Å². The van der Waals surface area contributed by atoms with Crippen molar-refractivity contribution in [3.05, 3.63) is 82.5 Å². The minimum Gasteiger partial charge on any atom is -0.452 e. The van der Waals surface area contributed by atoms with Crippen molar-refractivity contribution < 1.29 is 22.3 Å². The van der Waals surface area contributed by atoms with Crippen LogP contribution in [0.5, 0.6) is 11.5 Å². The lowest BCUT2D eigenvalue weighted by molar-refractivity contribution is -0.137. The number of rotatable bonds is 3. The van der Waals surface area contributed by atoms with Gasteiger partial charge < -0.3 is 20.6 Å². The van der Waals surface area contributed by atoms with Crippen LogP contribution in [0.25, 0.3) is 22.3 Å². The summed E-state index contributed by atoms with van der Waals surface area (Å²) in [6.07, 6.45) is -4.49. The normalized spacial score (nSPS) is 11.6. The summed E-state index contributed by atoms with van der Waals surface area (Å²) in [6.45, 7) is 0. The number of alkyl halides is 3. The van der Waals surface area contributed by atoms with E-state index in [2.05, 4.69) is 0 Å². The average molecular weight is 412 g/mol. The van der Waals surface area contributed by atoms with Gasteiger partial charge in [-0.25, -0.2) is 0 Å². The third-order valence-electron chi connectivity index (χ3n) is 4.48. The van der Waals surface area contributed by atoms with Gasteiger partial charge >= 0.3 is 6.18 Å². The Morgan fingerprint density at radius 2 is 1.60 bits per heavy atom. The predicted octanol–water partition coefficient (Wildman–Crippen LogP) is 5.44. The molecule has 0 atom stereocenters. The molecule has 5 nitrogen and oxygen atoms in total. The van der Waals surface area contributed by atoms with E-state index < -0.39 is 17.2 Å². The molecule has 0 fully saturated rings. The first-order valence-electron chi connectivity index (χ1n) is 8.80. The number of para-hydroxylation sites is 1. The van der Waals surface area contributed by atoms with Crippen LogP contribution in [0, 0.1) is 0 Å². The van der Waals surface area contributed by atoms with Gasteiger partial charge in [-0.05, 0) is 36.4 Å². The molecule has 0 aliphatic rings. The third kappa shape index (κ3) is 3.55. The van der Waals surface area contributed by atoms with Crippen LogP contribution in [0.4, 0.5) is 24.5 Å². The molecule has 4 aromatic rings. The maximum Gasteiger partial charge on any atom is 0.416 e. The highest BCUT2D eigenvalue weighted by Crippen LogP contribution is 2.37. The Bertz CT molecular complexity index is 1300. The number of halogens is 3. The fourth-order valence-corrected chi connectivity index (χ4v) is 2.97. The van der Waals surface area contributed by atoms with E-state index in [-0.39, 0.29) is 39.5 Å². The summed E-state index contributed by atoms with van der Waals surface area (Å²) in [5.74, 6) is -0.0919. The van der Waals surface area contributed by atoms with Crippen molar-refractivity contribution in [3.8, 4) is 22.8 Å². The summed E-state index contributed by atoms with van der Waals surface area (Å²) in [4.78, 5) is 13.1. The van der Waals surface area contributed by atoms with Crippen molar-refractivity contribution in [2.24, 2.45) is 0 Å². The molecule has 0 spiro atoms. The second-order valence-electron chi connectivity index (χ2n) is 6.56. The lowest BCUT2D eigenvalue weighted by atomic mass is 10.1. The molecule has 30 heavy (non-hydrogen) atoms. The molecule has 0 aliphatic carbocycles. The maximum atomic E-state index is 13.1. The number of hydrogen-bond acceptors (Lipinski definition) is 5. The molecule has 1 heterocycles. The van der Waals surface area contributed by atoms with Crippen LogP contribution in [0.1, 0.15) is 5.56 Å². The molecule has 4 rings (SSSR count). The smallest absolute Gasteiger partial charge is 0.416 e. The Labute approximate surface area is 168 Å². The van der Waals surface area contributed by atoms with Crippen molar-refractivity contribution >= 4 is 22.3 Å². The van der Waals surface area contributed by atoms with Gasteiger partial charge in [-0.2, -0.15) is 13.2 Å². The van der Waals surface area contributed by atoms with E-state index in [9.17, 15) is 18.0 Å². The number of nitrogen functional groups attached to an aromatic ring is 2. The van der Waals surface area contributed by atoms with Crippen LogP contribution in [-0.2, 0) is 6.18 Å². The summed E-state index contributed by atoms with van der Waals surface area (Å²) < 4.78 is 50.4. The highest BCUT2D eigenvalue weighted by molar-refractivity contribution is 5.82. The lowest BCUT2D eigenvalue weighted by Crippen LogP contribution is -2.08. The van der Waals surface area contributed by atoms with Gasteiger partial charge in [0.15, 0.2) is 11.5 Å². The first-order valence-corrected chi connectivity index (χ1v) is 8.80. The molecule has 0 amide bonds. The van der Waals surface area contributed by atoms with Crippen molar-refractivity contribution in [2.45, 2.75) is 6.18 Å². The standard InChI is InChI=1S/C22H15F3N2O3/c23-22(24,25)13-7-5-12(6-8-13)20-21(30-18-11-14(26)9-10-16(18)27)19(28)15-3-1-2-4-17(15)29-20/h1-11H,26-27H2. The molecule has 0 unspecified atom stereocenters. The highest BCUT2D eigenvalue weighted by Gasteiger charge is 2.30. The molecule has 4 N–H and O–H groups in total. The molecule has 0 bridgehead atoms. The summed E-state index contributed by atoms with van der Waals surface area (Å²) >= 11 is 0. The molecule has 0 radical (unpaired) electrons. The number of anilines is 2. The Kier molecular flexibility index (Phi) is 4.62. The maximum absolute atomic E-state index is 13.1. The molecular weight excluding hydrogens is 397 g/mol. The Hall–Kier alpha value is -3.94. The van der Waals surface area contributed by atoms with Crippen LogP contribution < -0.4 is 21.6 Å². The zero-order valence-electron chi connectivity index (χ0n) is 15.4. The zero-order valence-corrected chi connectivity index (χ0v) is 15.4. The molecule has 1 aromatic heterocycles. The number of hydrogen-bond donors (Lipinski definition) is 2. The summed E-state index contributed by atoms with van der Waals surface area (Å²) in [7, 11) is 0. The average Bonchev–Trinajstić information content (AvgIpc) is 2.72. The second kappa shape index (κ2) is 7.14. The van der Waals surface area contributed by atoms with Gasteiger partial charge in [-0.1, -0.05) is 24.3 Å². The van der Waals surface area contributed by atoms with Gasteiger partial charge in [0.1, 0.15) is 5.58 Å². The molecule has 0 saturated heterocycles. The van der Waals surface area contributed by atoms with Gasteiger partial charge in [0.25, 0.3) is 0 Å². The first-order chi connectivity index (χ1) is 14.2. The topological polar surface area (TPSA) is 91.5 Å². The minimum absolute atomic E-state index is 0.0192. The molecule has 3 aromatic carbocycles. The lowest BCUT2D eigenvalue weighted by Gasteiger charge is -2.14. The molecule has 0 saturated carbocycles. The fourth-order valence-electron chi connectivity index (χ4n) is 2.97. The summed E-state index contributed by atoms with van der Waals surface area (Å²) in [5, 5.41) is 0.255. The van der Waals surface area contributed by atoms with Gasteiger partial charge in [-0.15, -0.1) is 0 Å². The van der Waals surface area contributed by atoms with E-state index >= 15 is 0 Å². The summed E-state index contributed by atoms with van der Waals surface area (Å²) in [6, 6.07) is 15.3. The minimum atomic E-state index is -4.49. The number of ether oxygens (including phenoxy) is 1. The second-order valence-corrected chi connectivity index (χ2v) is 6.56. The quantitative estimate of drug-likeness (QED) is 0.438. The van der Waals surface area contributed by atoms with E-state index in [1.165, 1.54) is 24.3 Å². The van der Waals surface area contributed by atoms with Gasteiger partial charge in [0.05, 0.1) is 16.6 Å². The first kappa shape index (κ1) is 19.4. The number of fused-ring (bicyclic) bond motifs is 1. The Balaban J connectivity index is 1.93. The van der Waals surface area contributed by atoms with Crippen LogP contribution in [0.2, 0.25) is 0 Å². The van der Waals surface area contributed by atoms with Gasteiger partial charge in [0.2, 0.25) is 11.2 Å². The van der Waals surface area contributed by atoms with Crippen LogP contribution in [0.15, 0.2) is 75.9 Å². The Morgan fingerprint density at radius 1 is 0.900 bits per heavy atom. The largest absolute Gasteiger partial charge is 0.452 e. The third-order valence-corrected chi connectivity index (χ3v) is 4.48. The van der Waals surface area contributed by atoms with Crippen LogP contribution in [0.3, 0.4) is 0 Å². The zero-order chi connectivity index (χ0) is 21.5. The van der Waals surface area contributed by atoms with Crippen molar-refractivity contribution in [1.82, 2.24) is 0 Å². The molecular formula is C22H15F3N2O3. The predicted molar refractivity (Wildman–Crippen MR) is 108 cm³/mol.